The molecule has 2 aliphatic heterocycles. The van der Waals surface area contributed by atoms with E-state index in [9.17, 15) is 8.42 Å². The van der Waals surface area contributed by atoms with Crippen molar-refractivity contribution in [1.82, 2.24) is 24.3 Å². The summed E-state index contributed by atoms with van der Waals surface area (Å²) in [6, 6.07) is 3.42. The molecule has 3 aliphatic rings. The van der Waals surface area contributed by atoms with Gasteiger partial charge in [-0.1, -0.05) is 11.6 Å². The van der Waals surface area contributed by atoms with Crippen molar-refractivity contribution in [3.63, 3.8) is 0 Å². The van der Waals surface area contributed by atoms with Gasteiger partial charge in [-0.3, -0.25) is 9.88 Å². The van der Waals surface area contributed by atoms with E-state index < -0.39 is 10.0 Å². The van der Waals surface area contributed by atoms with E-state index in [0.717, 1.165) is 50.4 Å². The lowest BCUT2D eigenvalue weighted by Gasteiger charge is -2.38. The van der Waals surface area contributed by atoms with Crippen LogP contribution in [-0.4, -0.2) is 59.4 Å². The summed E-state index contributed by atoms with van der Waals surface area (Å²) in [7, 11) is -1.36. The molecule has 0 aromatic carbocycles. The molecule has 1 atom stereocenters. The van der Waals surface area contributed by atoms with Crippen LogP contribution in [0.2, 0.25) is 0 Å². The zero-order valence-corrected chi connectivity index (χ0v) is 17.5. The summed E-state index contributed by atoms with van der Waals surface area (Å²) in [6.45, 7) is 2.01. The molecule has 9 heteroatoms. The fraction of sp³-hybridized carbons (Fsp3) is 0.650. The lowest BCUT2D eigenvalue weighted by molar-refractivity contribution is 0.161. The minimum absolute atomic E-state index is 0.109. The van der Waals surface area contributed by atoms with E-state index >= 15 is 0 Å². The Kier molecular flexibility index (Phi) is 4.71. The molecule has 1 saturated carbocycles. The molecule has 0 radical (unpaired) electrons. The zero-order chi connectivity index (χ0) is 20.1. The Hall–Kier alpha value is -1.84. The molecular weight excluding hydrogens is 390 g/mol. The lowest BCUT2D eigenvalue weighted by atomic mass is 9.77. The molecule has 29 heavy (non-hydrogen) atoms. The minimum atomic E-state index is -3.47. The van der Waals surface area contributed by atoms with Crippen molar-refractivity contribution in [2.75, 3.05) is 26.7 Å². The molecule has 5 rings (SSSR count). The Morgan fingerprint density at radius 3 is 2.69 bits per heavy atom. The number of hydrogen-bond donors (Lipinski definition) is 0. The normalized spacial score (nSPS) is 26.0. The Balaban J connectivity index is 1.27. The maximum atomic E-state index is 12.9. The van der Waals surface area contributed by atoms with Crippen LogP contribution in [0.3, 0.4) is 0 Å². The molecule has 3 fully saturated rings. The van der Waals surface area contributed by atoms with Gasteiger partial charge in [-0.2, -0.15) is 9.29 Å². The largest absolute Gasteiger partial charge is 0.339 e. The van der Waals surface area contributed by atoms with E-state index in [2.05, 4.69) is 22.1 Å². The van der Waals surface area contributed by atoms with Crippen LogP contribution in [-0.2, 0) is 10.0 Å². The second-order valence-electron chi connectivity index (χ2n) is 8.85. The maximum Gasteiger partial charge on any atom is 0.244 e. The highest BCUT2D eigenvalue weighted by Gasteiger charge is 2.47. The van der Waals surface area contributed by atoms with Gasteiger partial charge in [0.05, 0.1) is 6.04 Å². The number of pyridine rings is 1. The zero-order valence-electron chi connectivity index (χ0n) is 16.7. The van der Waals surface area contributed by atoms with Crippen molar-refractivity contribution in [3.8, 4) is 0 Å². The molecule has 0 bridgehead atoms. The van der Waals surface area contributed by atoms with Crippen molar-refractivity contribution in [1.29, 1.82) is 0 Å². The molecule has 8 nitrogen and oxygen atoms in total. The predicted molar refractivity (Wildman–Crippen MR) is 106 cm³/mol. The summed E-state index contributed by atoms with van der Waals surface area (Å²) in [5, 5.41) is 4.28. The van der Waals surface area contributed by atoms with Gasteiger partial charge in [-0.25, -0.2) is 8.42 Å². The molecule has 1 unspecified atom stereocenters. The van der Waals surface area contributed by atoms with Crippen LogP contribution in [0.25, 0.3) is 0 Å². The van der Waals surface area contributed by atoms with Crippen LogP contribution in [0.4, 0.5) is 0 Å². The summed E-state index contributed by atoms with van der Waals surface area (Å²) in [5.41, 5.74) is 0.109. The fourth-order valence-electron chi connectivity index (χ4n) is 4.97. The number of nitrogens with zero attached hydrogens (tertiary/aromatic N) is 5. The third-order valence-corrected chi connectivity index (χ3v) is 8.89. The predicted octanol–water partition coefficient (Wildman–Crippen LogP) is 2.58. The van der Waals surface area contributed by atoms with Crippen LogP contribution in [0.5, 0.6) is 0 Å². The van der Waals surface area contributed by atoms with Crippen molar-refractivity contribution in [2.24, 2.45) is 5.41 Å². The molecule has 2 aromatic heterocycles. The quantitative estimate of drug-likeness (QED) is 0.755. The smallest absolute Gasteiger partial charge is 0.244 e. The molecular formula is C20H27N5O3S. The number of piperidine rings is 1. The first-order valence-corrected chi connectivity index (χ1v) is 11.8. The van der Waals surface area contributed by atoms with Crippen LogP contribution in [0, 0.1) is 5.41 Å². The second-order valence-corrected chi connectivity index (χ2v) is 10.8. The molecule has 1 aliphatic carbocycles. The molecule has 2 saturated heterocycles. The van der Waals surface area contributed by atoms with Crippen LogP contribution in [0.1, 0.15) is 62.2 Å². The molecule has 0 amide bonds. The van der Waals surface area contributed by atoms with Gasteiger partial charge in [-0.05, 0) is 56.7 Å². The second kappa shape index (κ2) is 7.14. The van der Waals surface area contributed by atoms with E-state index in [0.29, 0.717) is 19.0 Å². The topological polar surface area (TPSA) is 92.4 Å². The van der Waals surface area contributed by atoms with Gasteiger partial charge >= 0.3 is 0 Å². The Morgan fingerprint density at radius 1 is 1.24 bits per heavy atom. The highest BCUT2D eigenvalue weighted by atomic mass is 32.2. The molecule has 0 N–H and O–H groups in total. The number of aromatic nitrogens is 3. The average Bonchev–Trinajstić information content (AvgIpc) is 3.26. The third-order valence-electron chi connectivity index (χ3n) is 7.01. The number of sulfonamides is 1. The van der Waals surface area contributed by atoms with E-state index in [1.807, 2.05) is 0 Å². The highest BCUT2D eigenvalue weighted by molar-refractivity contribution is 7.89. The summed E-state index contributed by atoms with van der Waals surface area (Å²) < 4.78 is 32.9. The first-order valence-electron chi connectivity index (χ1n) is 10.4. The summed E-state index contributed by atoms with van der Waals surface area (Å²) in [4.78, 5) is 11.2. The van der Waals surface area contributed by atoms with E-state index in [4.69, 9.17) is 9.51 Å². The van der Waals surface area contributed by atoms with Crippen molar-refractivity contribution < 1.29 is 12.9 Å². The monoisotopic (exact) mass is 417 g/mol. The Labute approximate surface area is 171 Å². The molecule has 156 valence electrons. The average molecular weight is 418 g/mol. The van der Waals surface area contributed by atoms with Gasteiger partial charge in [0, 0.05) is 37.9 Å². The van der Waals surface area contributed by atoms with Gasteiger partial charge in [0.2, 0.25) is 15.9 Å². The highest BCUT2D eigenvalue weighted by Crippen LogP contribution is 2.48. The maximum absolute atomic E-state index is 12.9. The number of hydrogen-bond acceptors (Lipinski definition) is 7. The first kappa shape index (κ1) is 19.1. The number of likely N-dealkylation sites (tertiary alicyclic amines) is 1. The summed E-state index contributed by atoms with van der Waals surface area (Å²) in [6.07, 6.45) is 9.20. The molecule has 1 spiro atoms. The first-order chi connectivity index (χ1) is 14.0. The van der Waals surface area contributed by atoms with Crippen molar-refractivity contribution in [2.45, 2.75) is 55.4 Å². The van der Waals surface area contributed by atoms with Gasteiger partial charge in [0.25, 0.3) is 0 Å². The van der Waals surface area contributed by atoms with Crippen molar-refractivity contribution in [3.05, 3.63) is 36.2 Å². The summed E-state index contributed by atoms with van der Waals surface area (Å²) >= 11 is 0. The van der Waals surface area contributed by atoms with E-state index in [-0.39, 0.29) is 16.4 Å². The Bertz CT molecular complexity index is 965. The van der Waals surface area contributed by atoms with Crippen LogP contribution >= 0.6 is 0 Å². The van der Waals surface area contributed by atoms with E-state index in [1.165, 1.54) is 12.6 Å². The molecule has 2 aromatic rings. The van der Waals surface area contributed by atoms with Gasteiger partial charge < -0.3 is 4.52 Å². The van der Waals surface area contributed by atoms with E-state index in [1.54, 1.807) is 22.6 Å². The van der Waals surface area contributed by atoms with Crippen LogP contribution < -0.4 is 0 Å². The number of rotatable bonds is 4. The van der Waals surface area contributed by atoms with Gasteiger partial charge in [0.15, 0.2) is 5.82 Å². The fourth-order valence-corrected chi connectivity index (χ4v) is 6.38. The van der Waals surface area contributed by atoms with Gasteiger partial charge in [-0.15, -0.1) is 0 Å². The van der Waals surface area contributed by atoms with Crippen LogP contribution in [0.15, 0.2) is 33.9 Å². The van der Waals surface area contributed by atoms with Crippen molar-refractivity contribution >= 4 is 10.0 Å². The minimum Gasteiger partial charge on any atom is -0.339 e. The summed E-state index contributed by atoms with van der Waals surface area (Å²) in [5.74, 6) is 2.02. The van der Waals surface area contributed by atoms with Gasteiger partial charge in [0.1, 0.15) is 4.90 Å². The third kappa shape index (κ3) is 3.39. The lowest BCUT2D eigenvalue weighted by Crippen LogP contribution is -2.44. The molecule has 4 heterocycles. The Morgan fingerprint density at radius 2 is 2.03 bits per heavy atom. The SMILES string of the molecule is CN1CC2(CCN(S(=O)(=O)c3cccnc3)CC2)CC1c1noc(C2CCC2)n1. The standard InChI is InChI=1S/C20H27N5O3S/c1-24-14-20(12-17(24)18-22-19(28-23-18)15-4-2-5-15)7-10-25(11-8-20)29(26,27)16-6-3-9-21-13-16/h3,6,9,13,15,17H,2,4-5,7-8,10-12,14H2,1H3.